The van der Waals surface area contributed by atoms with Gasteiger partial charge in [-0.2, -0.15) is 5.26 Å². The molecule has 0 spiro atoms. The molecule has 8 nitrogen and oxygen atoms in total. The monoisotopic (exact) mass is 453 g/mol. The smallest absolute Gasteiger partial charge is 0.268 e. The van der Waals surface area contributed by atoms with Crippen LogP contribution in [0.25, 0.3) is 6.08 Å². The van der Waals surface area contributed by atoms with Crippen LogP contribution in [0.5, 0.6) is 0 Å². The Balaban J connectivity index is 1.40. The van der Waals surface area contributed by atoms with E-state index in [0.29, 0.717) is 34.3 Å². The molecule has 0 atom stereocenters. The number of aryl methyl sites for hydroxylation is 1. The highest BCUT2D eigenvalue weighted by molar-refractivity contribution is 7.99. The number of aromatic nitrogens is 2. The van der Waals surface area contributed by atoms with Crippen molar-refractivity contribution in [1.29, 1.82) is 5.26 Å². The van der Waals surface area contributed by atoms with E-state index in [-0.39, 0.29) is 5.57 Å². The Labute approximate surface area is 187 Å². The number of carbonyl (C=O) groups excluding carboxylic acids is 1. The summed E-state index contributed by atoms with van der Waals surface area (Å²) < 4.78 is 11.1. The summed E-state index contributed by atoms with van der Waals surface area (Å²) in [7, 11) is 0. The standard InChI is InChI=1S/C21H19N5O3S2/c1-14-2-5-17(6-3-14)30-18-7-4-16(29-18)12-15(13-22)19(27)23-20-24-25-21(31-20)26-8-10-28-11-9-26/h2-7,12H,8-11H2,1H3,(H,23,24,27)/b15-12-. The van der Waals surface area contributed by atoms with Crippen LogP contribution in [0.4, 0.5) is 10.3 Å². The van der Waals surface area contributed by atoms with Gasteiger partial charge in [0.25, 0.3) is 5.91 Å². The number of nitrogens with one attached hydrogen (secondary N) is 1. The summed E-state index contributed by atoms with van der Waals surface area (Å²) >= 11 is 2.73. The molecular formula is C21H19N5O3S2. The SMILES string of the molecule is Cc1ccc(Sc2ccc(/C=C(/C#N)C(=O)Nc3nnc(N4CCOCC4)s3)o2)cc1. The third-order valence-corrected chi connectivity index (χ3v) is 6.24. The van der Waals surface area contributed by atoms with E-state index in [2.05, 4.69) is 15.5 Å². The number of hydrogen-bond acceptors (Lipinski definition) is 9. The first-order valence-corrected chi connectivity index (χ1v) is 11.2. The Morgan fingerprint density at radius 1 is 1.23 bits per heavy atom. The van der Waals surface area contributed by atoms with E-state index in [1.54, 1.807) is 6.07 Å². The number of amides is 1. The molecule has 1 aliphatic rings. The molecule has 1 amide bonds. The molecule has 1 aliphatic heterocycles. The van der Waals surface area contributed by atoms with Crippen LogP contribution in [0.3, 0.4) is 0 Å². The maximum atomic E-state index is 12.5. The van der Waals surface area contributed by atoms with Crippen molar-refractivity contribution in [2.24, 2.45) is 0 Å². The fourth-order valence-electron chi connectivity index (χ4n) is 2.79. The number of carbonyl (C=O) groups is 1. The highest BCUT2D eigenvalue weighted by atomic mass is 32.2. The molecule has 0 radical (unpaired) electrons. The van der Waals surface area contributed by atoms with Gasteiger partial charge in [0, 0.05) is 24.1 Å². The lowest BCUT2D eigenvalue weighted by molar-refractivity contribution is -0.112. The molecule has 1 N–H and O–H groups in total. The Kier molecular flexibility index (Phi) is 6.66. The quantitative estimate of drug-likeness (QED) is 0.442. The van der Waals surface area contributed by atoms with Crippen LogP contribution < -0.4 is 10.2 Å². The summed E-state index contributed by atoms with van der Waals surface area (Å²) in [6.07, 6.45) is 1.42. The van der Waals surface area contributed by atoms with Gasteiger partial charge in [-0.1, -0.05) is 40.8 Å². The topological polar surface area (TPSA) is 104 Å². The Morgan fingerprint density at radius 3 is 2.74 bits per heavy atom. The second-order valence-electron chi connectivity index (χ2n) is 6.69. The van der Waals surface area contributed by atoms with Crippen molar-refractivity contribution in [3.8, 4) is 6.07 Å². The van der Waals surface area contributed by atoms with Crippen molar-refractivity contribution < 1.29 is 13.9 Å². The molecule has 3 aromatic rings. The first-order chi connectivity index (χ1) is 15.1. The zero-order valence-corrected chi connectivity index (χ0v) is 18.3. The number of ether oxygens (including phenoxy) is 1. The molecule has 1 aromatic carbocycles. The number of hydrogen-bond donors (Lipinski definition) is 1. The summed E-state index contributed by atoms with van der Waals surface area (Å²) in [5.74, 6) is -0.135. The van der Waals surface area contributed by atoms with Crippen LogP contribution in [-0.4, -0.2) is 42.4 Å². The van der Waals surface area contributed by atoms with Crippen LogP contribution in [0.15, 0.2) is 56.4 Å². The third kappa shape index (κ3) is 5.52. The van der Waals surface area contributed by atoms with Gasteiger partial charge < -0.3 is 14.1 Å². The van der Waals surface area contributed by atoms with Crippen molar-refractivity contribution in [2.45, 2.75) is 16.9 Å². The van der Waals surface area contributed by atoms with Gasteiger partial charge in [-0.05, 0) is 31.2 Å². The predicted octanol–water partition coefficient (Wildman–Crippen LogP) is 3.97. The molecule has 1 saturated heterocycles. The van der Waals surface area contributed by atoms with E-state index in [1.807, 2.05) is 48.2 Å². The molecule has 4 rings (SSSR count). The van der Waals surface area contributed by atoms with E-state index >= 15 is 0 Å². The average molecular weight is 454 g/mol. The number of rotatable bonds is 6. The van der Waals surface area contributed by atoms with Gasteiger partial charge in [-0.15, -0.1) is 10.2 Å². The molecular weight excluding hydrogens is 434 g/mol. The fraction of sp³-hybridized carbons (Fsp3) is 0.238. The zero-order chi connectivity index (χ0) is 21.6. The first-order valence-electron chi connectivity index (χ1n) is 9.54. The highest BCUT2D eigenvalue weighted by Gasteiger charge is 2.18. The first kappa shape index (κ1) is 21.1. The minimum Gasteiger partial charge on any atom is -0.450 e. The van der Waals surface area contributed by atoms with Crippen LogP contribution >= 0.6 is 23.1 Å². The molecule has 0 unspecified atom stereocenters. The van der Waals surface area contributed by atoms with Gasteiger partial charge in [-0.25, -0.2) is 0 Å². The van der Waals surface area contributed by atoms with Crippen molar-refractivity contribution >= 4 is 45.3 Å². The Bertz CT molecular complexity index is 1120. The molecule has 0 bridgehead atoms. The fourth-order valence-corrected chi connectivity index (χ4v) is 4.36. The Hall–Kier alpha value is -3.13. The second kappa shape index (κ2) is 9.78. The molecule has 31 heavy (non-hydrogen) atoms. The molecule has 0 saturated carbocycles. The molecule has 0 aliphatic carbocycles. The van der Waals surface area contributed by atoms with Crippen LogP contribution in [0.1, 0.15) is 11.3 Å². The zero-order valence-electron chi connectivity index (χ0n) is 16.7. The van der Waals surface area contributed by atoms with Crippen LogP contribution in [0.2, 0.25) is 0 Å². The number of furan rings is 1. The lowest BCUT2D eigenvalue weighted by atomic mass is 10.2. The van der Waals surface area contributed by atoms with Crippen molar-refractivity contribution in [1.82, 2.24) is 10.2 Å². The lowest BCUT2D eigenvalue weighted by Crippen LogP contribution is -2.36. The molecule has 2 aromatic heterocycles. The van der Waals surface area contributed by atoms with Gasteiger partial charge in [0.15, 0.2) is 5.09 Å². The maximum absolute atomic E-state index is 12.5. The molecule has 1 fully saturated rings. The predicted molar refractivity (Wildman–Crippen MR) is 119 cm³/mol. The van der Waals surface area contributed by atoms with E-state index in [1.165, 1.54) is 34.7 Å². The minimum atomic E-state index is -0.559. The van der Waals surface area contributed by atoms with Crippen LogP contribution in [0, 0.1) is 18.3 Å². The lowest BCUT2D eigenvalue weighted by Gasteiger charge is -2.25. The molecule has 158 valence electrons. The molecule has 10 heteroatoms. The summed E-state index contributed by atoms with van der Waals surface area (Å²) in [5.41, 5.74) is 1.11. The van der Waals surface area contributed by atoms with Gasteiger partial charge in [0.2, 0.25) is 10.3 Å². The van der Waals surface area contributed by atoms with Crippen molar-refractivity contribution in [3.63, 3.8) is 0 Å². The van der Waals surface area contributed by atoms with E-state index in [9.17, 15) is 10.1 Å². The van der Waals surface area contributed by atoms with Gasteiger partial charge in [-0.3, -0.25) is 10.1 Å². The van der Waals surface area contributed by atoms with Crippen LogP contribution in [-0.2, 0) is 9.53 Å². The van der Waals surface area contributed by atoms with Gasteiger partial charge >= 0.3 is 0 Å². The van der Waals surface area contributed by atoms with Gasteiger partial charge in [0.05, 0.1) is 13.2 Å². The summed E-state index contributed by atoms with van der Waals surface area (Å²) in [5, 5.41) is 21.9. The normalized spacial score (nSPS) is 14.3. The summed E-state index contributed by atoms with van der Waals surface area (Å²) in [6, 6.07) is 13.5. The summed E-state index contributed by atoms with van der Waals surface area (Å²) in [6.45, 7) is 4.76. The minimum absolute atomic E-state index is 0.0793. The van der Waals surface area contributed by atoms with Crippen molar-refractivity contribution in [2.75, 3.05) is 36.5 Å². The van der Waals surface area contributed by atoms with Gasteiger partial charge in [0.1, 0.15) is 17.4 Å². The summed E-state index contributed by atoms with van der Waals surface area (Å²) in [4.78, 5) is 15.6. The third-order valence-electron chi connectivity index (χ3n) is 4.41. The van der Waals surface area contributed by atoms with Crippen molar-refractivity contribution in [3.05, 3.63) is 53.3 Å². The number of anilines is 2. The number of morpholine rings is 1. The average Bonchev–Trinajstić information content (AvgIpc) is 3.44. The van der Waals surface area contributed by atoms with E-state index in [0.717, 1.165) is 18.0 Å². The van der Waals surface area contributed by atoms with E-state index in [4.69, 9.17) is 9.15 Å². The molecule has 3 heterocycles. The highest BCUT2D eigenvalue weighted by Crippen LogP contribution is 2.30. The maximum Gasteiger partial charge on any atom is 0.268 e. The second-order valence-corrected chi connectivity index (χ2v) is 8.72. The number of nitriles is 1. The number of benzene rings is 1. The number of nitrogens with zero attached hydrogens (tertiary/aromatic N) is 4. The largest absolute Gasteiger partial charge is 0.450 e. The Morgan fingerprint density at radius 2 is 2.00 bits per heavy atom. The van der Waals surface area contributed by atoms with E-state index < -0.39 is 5.91 Å².